The Hall–Kier alpha value is -1.42. The number of nitrogens with zero attached hydrogens (tertiary/aromatic N) is 1. The predicted molar refractivity (Wildman–Crippen MR) is 60.7 cm³/mol. The van der Waals surface area contributed by atoms with Crippen molar-refractivity contribution in [3.05, 3.63) is 23.9 Å². The summed E-state index contributed by atoms with van der Waals surface area (Å²) in [5, 5.41) is 5.73. The molecule has 0 radical (unpaired) electrons. The van der Waals surface area contributed by atoms with Crippen molar-refractivity contribution in [2.75, 3.05) is 12.4 Å². The molecule has 1 aromatic heterocycles. The van der Waals surface area contributed by atoms with Crippen molar-refractivity contribution in [3.63, 3.8) is 0 Å². The minimum absolute atomic E-state index is 0.0909. The van der Waals surface area contributed by atoms with E-state index in [0.29, 0.717) is 5.82 Å². The maximum Gasteiger partial charge on any atom is 0.245 e. The Morgan fingerprint density at radius 3 is 2.67 bits per heavy atom. The second kappa shape index (κ2) is 4.40. The molecule has 4 heteroatoms. The molecule has 4 nitrogen and oxygen atoms in total. The van der Waals surface area contributed by atoms with Crippen LogP contribution in [0.4, 0.5) is 5.82 Å². The standard InChI is InChI=1S/C11H17N3O/c1-8-6-5-7-13-9(8)14-10(15)11(2,3)12-4/h5-7,12H,1-4H3,(H,13,14,15). The average Bonchev–Trinajstić information content (AvgIpc) is 2.21. The lowest BCUT2D eigenvalue weighted by atomic mass is 10.1. The van der Waals surface area contributed by atoms with Crippen molar-refractivity contribution in [1.29, 1.82) is 0 Å². The van der Waals surface area contributed by atoms with Crippen molar-refractivity contribution < 1.29 is 4.79 Å². The number of aryl methyl sites for hydroxylation is 1. The highest BCUT2D eigenvalue weighted by atomic mass is 16.2. The van der Waals surface area contributed by atoms with Gasteiger partial charge in [0.05, 0.1) is 5.54 Å². The molecular weight excluding hydrogens is 190 g/mol. The van der Waals surface area contributed by atoms with Gasteiger partial charge in [0.15, 0.2) is 0 Å². The van der Waals surface area contributed by atoms with Crippen molar-refractivity contribution >= 4 is 11.7 Å². The van der Waals surface area contributed by atoms with Gasteiger partial charge < -0.3 is 10.6 Å². The predicted octanol–water partition coefficient (Wildman–Crippen LogP) is 1.33. The first kappa shape index (κ1) is 11.7. The fourth-order valence-electron chi connectivity index (χ4n) is 0.994. The highest BCUT2D eigenvalue weighted by molar-refractivity contribution is 5.97. The fraction of sp³-hybridized carbons (Fsp3) is 0.455. The molecule has 0 aliphatic carbocycles. The molecule has 0 saturated heterocycles. The number of amides is 1. The minimum Gasteiger partial charge on any atom is -0.309 e. The maximum absolute atomic E-state index is 11.8. The quantitative estimate of drug-likeness (QED) is 0.786. The number of carbonyl (C=O) groups excluding carboxylic acids is 1. The lowest BCUT2D eigenvalue weighted by Gasteiger charge is -2.22. The van der Waals surface area contributed by atoms with Gasteiger partial charge in [-0.05, 0) is 39.4 Å². The van der Waals surface area contributed by atoms with Crippen LogP contribution in [0, 0.1) is 6.92 Å². The average molecular weight is 207 g/mol. The van der Waals surface area contributed by atoms with Crippen LogP contribution in [0.5, 0.6) is 0 Å². The van der Waals surface area contributed by atoms with Crippen LogP contribution in [0.1, 0.15) is 19.4 Å². The van der Waals surface area contributed by atoms with Crippen LogP contribution < -0.4 is 10.6 Å². The minimum atomic E-state index is -0.593. The first-order valence-corrected chi connectivity index (χ1v) is 4.89. The van der Waals surface area contributed by atoms with Crippen LogP contribution in [0.15, 0.2) is 18.3 Å². The van der Waals surface area contributed by atoms with E-state index in [1.807, 2.05) is 32.9 Å². The molecule has 0 fully saturated rings. The molecular formula is C11H17N3O. The molecule has 82 valence electrons. The topological polar surface area (TPSA) is 54.0 Å². The molecule has 0 aromatic carbocycles. The number of anilines is 1. The molecule has 0 unspecified atom stereocenters. The molecule has 0 saturated carbocycles. The highest BCUT2D eigenvalue weighted by Gasteiger charge is 2.25. The van der Waals surface area contributed by atoms with E-state index in [4.69, 9.17) is 0 Å². The number of carbonyl (C=O) groups is 1. The molecule has 1 amide bonds. The van der Waals surface area contributed by atoms with Gasteiger partial charge in [-0.25, -0.2) is 4.98 Å². The largest absolute Gasteiger partial charge is 0.309 e. The van der Waals surface area contributed by atoms with E-state index in [-0.39, 0.29) is 5.91 Å². The number of nitrogens with one attached hydrogen (secondary N) is 2. The number of hydrogen-bond acceptors (Lipinski definition) is 3. The first-order chi connectivity index (χ1) is 6.97. The Bertz CT molecular complexity index is 361. The summed E-state index contributed by atoms with van der Waals surface area (Å²) in [6, 6.07) is 3.75. The molecule has 1 aromatic rings. The van der Waals surface area contributed by atoms with E-state index in [9.17, 15) is 4.79 Å². The normalized spacial score (nSPS) is 11.2. The number of likely N-dealkylation sites (N-methyl/N-ethyl adjacent to an activating group) is 1. The second-order valence-electron chi connectivity index (χ2n) is 4.00. The third-order valence-corrected chi connectivity index (χ3v) is 2.43. The summed E-state index contributed by atoms with van der Waals surface area (Å²) in [6.07, 6.45) is 1.66. The Kier molecular flexibility index (Phi) is 3.42. The summed E-state index contributed by atoms with van der Waals surface area (Å²) in [5.41, 5.74) is 0.363. The third-order valence-electron chi connectivity index (χ3n) is 2.43. The summed E-state index contributed by atoms with van der Waals surface area (Å²) in [4.78, 5) is 15.9. The van der Waals surface area contributed by atoms with E-state index in [2.05, 4.69) is 15.6 Å². The Morgan fingerprint density at radius 2 is 2.13 bits per heavy atom. The summed E-state index contributed by atoms with van der Waals surface area (Å²) < 4.78 is 0. The monoisotopic (exact) mass is 207 g/mol. The number of rotatable bonds is 3. The SMILES string of the molecule is CNC(C)(C)C(=O)Nc1ncccc1C. The Labute approximate surface area is 90.1 Å². The lowest BCUT2D eigenvalue weighted by Crippen LogP contribution is -2.48. The Morgan fingerprint density at radius 1 is 1.47 bits per heavy atom. The van der Waals surface area contributed by atoms with Gasteiger partial charge in [-0.1, -0.05) is 6.07 Å². The summed E-state index contributed by atoms with van der Waals surface area (Å²) >= 11 is 0. The van der Waals surface area contributed by atoms with Gasteiger partial charge in [0, 0.05) is 6.20 Å². The van der Waals surface area contributed by atoms with Gasteiger partial charge in [0.2, 0.25) is 5.91 Å². The molecule has 2 N–H and O–H groups in total. The summed E-state index contributed by atoms with van der Waals surface area (Å²) in [7, 11) is 1.75. The van der Waals surface area contributed by atoms with Crippen LogP contribution in [0.2, 0.25) is 0 Å². The van der Waals surface area contributed by atoms with Crippen LogP contribution in [0.3, 0.4) is 0 Å². The second-order valence-corrected chi connectivity index (χ2v) is 4.00. The van der Waals surface area contributed by atoms with E-state index in [1.54, 1.807) is 13.2 Å². The molecule has 0 atom stereocenters. The zero-order valence-corrected chi connectivity index (χ0v) is 9.59. The summed E-state index contributed by atoms with van der Waals surface area (Å²) in [5.74, 6) is 0.526. The smallest absolute Gasteiger partial charge is 0.245 e. The molecule has 1 rings (SSSR count). The molecule has 0 spiro atoms. The van der Waals surface area contributed by atoms with Gasteiger partial charge in [0.1, 0.15) is 5.82 Å². The van der Waals surface area contributed by atoms with Gasteiger partial charge in [-0.15, -0.1) is 0 Å². The van der Waals surface area contributed by atoms with E-state index >= 15 is 0 Å². The van der Waals surface area contributed by atoms with Crippen LogP contribution in [0.25, 0.3) is 0 Å². The molecule has 15 heavy (non-hydrogen) atoms. The van der Waals surface area contributed by atoms with Crippen LogP contribution >= 0.6 is 0 Å². The zero-order valence-electron chi connectivity index (χ0n) is 9.59. The van der Waals surface area contributed by atoms with E-state index in [0.717, 1.165) is 5.56 Å². The van der Waals surface area contributed by atoms with Crippen molar-refractivity contribution in [2.24, 2.45) is 0 Å². The zero-order chi connectivity index (χ0) is 11.5. The summed E-state index contributed by atoms with van der Waals surface area (Å²) in [6.45, 7) is 5.55. The molecule has 0 bridgehead atoms. The van der Waals surface area contributed by atoms with Gasteiger partial charge in [-0.3, -0.25) is 4.79 Å². The van der Waals surface area contributed by atoms with Gasteiger partial charge in [-0.2, -0.15) is 0 Å². The number of hydrogen-bond donors (Lipinski definition) is 2. The number of pyridine rings is 1. The third kappa shape index (κ3) is 2.76. The van der Waals surface area contributed by atoms with Crippen molar-refractivity contribution in [1.82, 2.24) is 10.3 Å². The Balaban J connectivity index is 2.80. The van der Waals surface area contributed by atoms with Gasteiger partial charge in [0.25, 0.3) is 0 Å². The highest BCUT2D eigenvalue weighted by Crippen LogP contribution is 2.12. The number of aromatic nitrogens is 1. The van der Waals surface area contributed by atoms with Crippen molar-refractivity contribution in [2.45, 2.75) is 26.3 Å². The molecule has 0 aliphatic heterocycles. The van der Waals surface area contributed by atoms with Gasteiger partial charge >= 0.3 is 0 Å². The maximum atomic E-state index is 11.8. The fourth-order valence-corrected chi connectivity index (χ4v) is 0.994. The van der Waals surface area contributed by atoms with Crippen molar-refractivity contribution in [3.8, 4) is 0 Å². The van der Waals surface area contributed by atoms with E-state index in [1.165, 1.54) is 0 Å². The molecule has 0 aliphatic rings. The van der Waals surface area contributed by atoms with Crippen LogP contribution in [-0.2, 0) is 4.79 Å². The lowest BCUT2D eigenvalue weighted by molar-refractivity contribution is -0.121. The van der Waals surface area contributed by atoms with E-state index < -0.39 is 5.54 Å². The molecule has 1 heterocycles. The van der Waals surface area contributed by atoms with Crippen LogP contribution in [-0.4, -0.2) is 23.5 Å². The first-order valence-electron chi connectivity index (χ1n) is 4.89.